The van der Waals surface area contributed by atoms with E-state index in [1.165, 1.54) is 25.1 Å². The summed E-state index contributed by atoms with van der Waals surface area (Å²) in [6.45, 7) is 0. The molecule has 0 radical (unpaired) electrons. The van der Waals surface area contributed by atoms with Gasteiger partial charge in [0.05, 0.1) is 23.9 Å². The summed E-state index contributed by atoms with van der Waals surface area (Å²) in [6.07, 6.45) is 8.29. The number of hydrogen-bond acceptors (Lipinski definition) is 8. The molecule has 0 aromatic carbocycles. The van der Waals surface area contributed by atoms with Crippen LogP contribution in [-0.2, 0) is 4.74 Å². The van der Waals surface area contributed by atoms with Crippen molar-refractivity contribution in [3.63, 3.8) is 0 Å². The van der Waals surface area contributed by atoms with Crippen molar-refractivity contribution < 1.29 is 13.9 Å². The van der Waals surface area contributed by atoms with Crippen molar-refractivity contribution in [2.75, 3.05) is 7.11 Å². The summed E-state index contributed by atoms with van der Waals surface area (Å²) >= 11 is 1.32. The summed E-state index contributed by atoms with van der Waals surface area (Å²) in [4.78, 5) is 25.6. The first-order chi connectivity index (χ1) is 13.2. The van der Waals surface area contributed by atoms with Gasteiger partial charge in [0.2, 0.25) is 5.76 Å². The highest BCUT2D eigenvalue weighted by Crippen LogP contribution is 2.32. The Morgan fingerprint density at radius 2 is 2.19 bits per heavy atom. The van der Waals surface area contributed by atoms with Gasteiger partial charge in [-0.3, -0.25) is 15.1 Å². The SMILES string of the molecule is COC(=O)c1cc(Sc2cnc(-c3cccnc3)c(-c3cc[nH]n3)n2)co1. The highest BCUT2D eigenvalue weighted by atomic mass is 32.2. The zero-order chi connectivity index (χ0) is 18.6. The minimum Gasteiger partial charge on any atom is -0.463 e. The molecule has 8 nitrogen and oxygen atoms in total. The van der Waals surface area contributed by atoms with Crippen LogP contribution in [0.2, 0.25) is 0 Å². The van der Waals surface area contributed by atoms with Crippen LogP contribution in [-0.4, -0.2) is 38.2 Å². The Hall–Kier alpha value is -3.46. The maximum atomic E-state index is 11.5. The van der Waals surface area contributed by atoms with Crippen molar-refractivity contribution in [1.29, 1.82) is 0 Å². The average Bonchev–Trinajstić information content (AvgIpc) is 3.40. The number of rotatable bonds is 5. The van der Waals surface area contributed by atoms with Gasteiger partial charge in [-0.15, -0.1) is 0 Å². The number of carbonyl (C=O) groups is 1. The number of aromatic amines is 1. The quantitative estimate of drug-likeness (QED) is 0.525. The molecule has 27 heavy (non-hydrogen) atoms. The number of aromatic nitrogens is 5. The van der Waals surface area contributed by atoms with Gasteiger partial charge in [0.15, 0.2) is 0 Å². The summed E-state index contributed by atoms with van der Waals surface area (Å²) in [7, 11) is 1.30. The molecular weight excluding hydrogens is 366 g/mol. The second kappa shape index (κ2) is 7.42. The Morgan fingerprint density at radius 1 is 1.26 bits per heavy atom. The van der Waals surface area contributed by atoms with E-state index < -0.39 is 5.97 Å². The van der Waals surface area contributed by atoms with Gasteiger partial charge >= 0.3 is 5.97 Å². The topological polar surface area (TPSA) is 107 Å². The third kappa shape index (κ3) is 3.58. The molecule has 9 heteroatoms. The number of ether oxygens (including phenoxy) is 1. The summed E-state index contributed by atoms with van der Waals surface area (Å²) in [5.41, 5.74) is 2.83. The number of furan rings is 1. The van der Waals surface area contributed by atoms with Crippen LogP contribution in [0.5, 0.6) is 0 Å². The van der Waals surface area contributed by atoms with E-state index in [1.807, 2.05) is 18.2 Å². The van der Waals surface area contributed by atoms with Crippen molar-refractivity contribution in [3.05, 3.63) is 61.1 Å². The standard InChI is InChI=1S/C18H13N5O3S/c1-25-18(24)14-7-12(10-26-14)27-15-9-20-16(11-3-2-5-19-8-11)17(22-15)13-4-6-21-23-13/h2-10H,1H3,(H,21,23). The van der Waals surface area contributed by atoms with Crippen molar-refractivity contribution in [1.82, 2.24) is 25.1 Å². The number of pyridine rings is 1. The highest BCUT2D eigenvalue weighted by molar-refractivity contribution is 7.99. The second-order valence-electron chi connectivity index (χ2n) is 5.35. The minimum absolute atomic E-state index is 0.132. The van der Waals surface area contributed by atoms with Crippen LogP contribution in [0.4, 0.5) is 0 Å². The van der Waals surface area contributed by atoms with Crippen molar-refractivity contribution in [2.24, 2.45) is 0 Å². The van der Waals surface area contributed by atoms with E-state index in [9.17, 15) is 4.79 Å². The lowest BCUT2D eigenvalue weighted by atomic mass is 10.1. The van der Waals surface area contributed by atoms with Gasteiger partial charge in [-0.2, -0.15) is 5.10 Å². The van der Waals surface area contributed by atoms with Gasteiger partial charge in [-0.05, 0) is 18.2 Å². The zero-order valence-electron chi connectivity index (χ0n) is 14.1. The molecular formula is C18H13N5O3S. The lowest BCUT2D eigenvalue weighted by Gasteiger charge is -2.07. The lowest BCUT2D eigenvalue weighted by Crippen LogP contribution is -1.98. The van der Waals surface area contributed by atoms with Crippen LogP contribution in [0.25, 0.3) is 22.6 Å². The van der Waals surface area contributed by atoms with Crippen LogP contribution in [0.15, 0.2) is 69.7 Å². The molecule has 1 N–H and O–H groups in total. The van der Waals surface area contributed by atoms with E-state index in [4.69, 9.17) is 9.40 Å². The maximum absolute atomic E-state index is 11.5. The molecule has 0 spiro atoms. The maximum Gasteiger partial charge on any atom is 0.373 e. The van der Waals surface area contributed by atoms with Crippen LogP contribution >= 0.6 is 11.8 Å². The minimum atomic E-state index is -0.530. The largest absolute Gasteiger partial charge is 0.463 e. The lowest BCUT2D eigenvalue weighted by molar-refractivity contribution is 0.0565. The predicted octanol–water partition coefficient (Wildman–Crippen LogP) is 3.46. The van der Waals surface area contributed by atoms with E-state index in [2.05, 4.69) is 24.9 Å². The van der Waals surface area contributed by atoms with E-state index >= 15 is 0 Å². The zero-order valence-corrected chi connectivity index (χ0v) is 14.9. The smallest absolute Gasteiger partial charge is 0.373 e. The molecule has 0 saturated carbocycles. The first-order valence-corrected chi connectivity index (χ1v) is 8.68. The Balaban J connectivity index is 1.70. The van der Waals surface area contributed by atoms with Crippen LogP contribution in [0.1, 0.15) is 10.6 Å². The third-order valence-electron chi connectivity index (χ3n) is 3.61. The summed E-state index contributed by atoms with van der Waals surface area (Å²) in [5, 5.41) is 7.65. The van der Waals surface area contributed by atoms with E-state index in [1.54, 1.807) is 30.9 Å². The molecule has 134 valence electrons. The van der Waals surface area contributed by atoms with E-state index in [-0.39, 0.29) is 5.76 Å². The fourth-order valence-electron chi connectivity index (χ4n) is 2.41. The molecule has 0 amide bonds. The van der Waals surface area contributed by atoms with Gasteiger partial charge in [0.1, 0.15) is 22.7 Å². The fourth-order valence-corrected chi connectivity index (χ4v) is 3.15. The van der Waals surface area contributed by atoms with Gasteiger partial charge < -0.3 is 9.15 Å². The third-order valence-corrected chi connectivity index (χ3v) is 4.47. The monoisotopic (exact) mass is 379 g/mol. The first-order valence-electron chi connectivity index (χ1n) is 7.87. The number of methoxy groups -OCH3 is 1. The number of esters is 1. The molecule has 4 rings (SSSR count). The number of H-pyrrole nitrogens is 1. The predicted molar refractivity (Wildman–Crippen MR) is 97.0 cm³/mol. The van der Waals surface area contributed by atoms with E-state index in [0.29, 0.717) is 27.0 Å². The highest BCUT2D eigenvalue weighted by Gasteiger charge is 2.16. The van der Waals surface area contributed by atoms with Gasteiger partial charge in [-0.25, -0.2) is 9.78 Å². The van der Waals surface area contributed by atoms with Crippen LogP contribution < -0.4 is 0 Å². The normalized spacial score (nSPS) is 10.7. The summed E-state index contributed by atoms with van der Waals surface area (Å²) < 4.78 is 9.86. The van der Waals surface area contributed by atoms with Gasteiger partial charge in [0.25, 0.3) is 0 Å². The molecule has 0 bridgehead atoms. The number of hydrogen-bond donors (Lipinski definition) is 1. The summed E-state index contributed by atoms with van der Waals surface area (Å²) in [5.74, 6) is -0.399. The Labute approximate surface area is 158 Å². The second-order valence-corrected chi connectivity index (χ2v) is 6.44. The van der Waals surface area contributed by atoms with Crippen molar-refractivity contribution >= 4 is 17.7 Å². The van der Waals surface area contributed by atoms with Crippen molar-refractivity contribution in [2.45, 2.75) is 9.92 Å². The molecule has 4 aromatic heterocycles. The Kier molecular flexibility index (Phi) is 4.67. The van der Waals surface area contributed by atoms with Gasteiger partial charge in [0, 0.05) is 30.2 Å². The van der Waals surface area contributed by atoms with E-state index in [0.717, 1.165) is 5.56 Å². The van der Waals surface area contributed by atoms with Crippen molar-refractivity contribution in [3.8, 4) is 22.6 Å². The fraction of sp³-hybridized carbons (Fsp3) is 0.0556. The van der Waals surface area contributed by atoms with Gasteiger partial charge in [-0.1, -0.05) is 11.8 Å². The average molecular weight is 379 g/mol. The molecule has 0 atom stereocenters. The molecule has 4 aromatic rings. The number of carbonyl (C=O) groups excluding carboxylic acids is 1. The molecule has 0 aliphatic rings. The molecule has 0 aliphatic heterocycles. The number of nitrogens with zero attached hydrogens (tertiary/aromatic N) is 4. The molecule has 4 heterocycles. The summed E-state index contributed by atoms with van der Waals surface area (Å²) in [6, 6.07) is 7.18. The number of nitrogens with one attached hydrogen (secondary N) is 1. The van der Waals surface area contributed by atoms with Crippen LogP contribution in [0.3, 0.4) is 0 Å². The molecule has 0 fully saturated rings. The molecule has 0 aliphatic carbocycles. The Bertz CT molecular complexity index is 1060. The van der Waals surface area contributed by atoms with Crippen LogP contribution in [0, 0.1) is 0 Å². The Morgan fingerprint density at radius 3 is 2.93 bits per heavy atom. The molecule has 0 unspecified atom stereocenters. The first kappa shape index (κ1) is 17.0. The molecule has 0 saturated heterocycles.